The van der Waals surface area contributed by atoms with Gasteiger partial charge in [0.1, 0.15) is 6.67 Å². The average Bonchev–Trinajstić information content (AvgIpc) is 2.70. The zero-order valence-corrected chi connectivity index (χ0v) is 7.73. The minimum Gasteiger partial charge on any atom is -0.293 e. The molecular weight excluding hydrogens is 141 g/mol. The number of hydrogen-bond donors (Lipinski definition) is 0. The van der Waals surface area contributed by atoms with E-state index in [-0.39, 0.29) is 12.2 Å². The summed E-state index contributed by atoms with van der Waals surface area (Å²) in [5.41, 5.74) is -0.0527. The van der Waals surface area contributed by atoms with Crippen molar-refractivity contribution < 1.29 is 4.39 Å². The van der Waals surface area contributed by atoms with E-state index in [0.717, 1.165) is 19.4 Å². The van der Waals surface area contributed by atoms with Gasteiger partial charge in [-0.2, -0.15) is 0 Å². The van der Waals surface area contributed by atoms with E-state index in [1.165, 1.54) is 0 Å². The molecule has 1 saturated carbocycles. The maximum Gasteiger partial charge on any atom is 0.108 e. The Morgan fingerprint density at radius 3 is 2.09 bits per heavy atom. The first-order valence-electron chi connectivity index (χ1n) is 4.49. The van der Waals surface area contributed by atoms with E-state index in [0.29, 0.717) is 6.04 Å². The second-order valence-corrected chi connectivity index (χ2v) is 3.74. The normalized spacial score (nSPS) is 21.3. The molecule has 1 aliphatic rings. The third-order valence-corrected chi connectivity index (χ3v) is 2.65. The standard InChI is InChI=1S/C9H18FN/c1-4-11(8(2)3)9(7-10)5-6-9/h8H,4-7H2,1-3H3. The maximum atomic E-state index is 12.6. The summed E-state index contributed by atoms with van der Waals surface area (Å²) >= 11 is 0. The lowest BCUT2D eigenvalue weighted by Crippen LogP contribution is -2.43. The van der Waals surface area contributed by atoms with Crippen LogP contribution < -0.4 is 0 Å². The van der Waals surface area contributed by atoms with Crippen molar-refractivity contribution in [2.75, 3.05) is 13.2 Å². The van der Waals surface area contributed by atoms with Crippen LogP contribution in [0, 0.1) is 0 Å². The molecule has 0 N–H and O–H groups in total. The molecule has 0 aromatic rings. The molecule has 0 saturated heterocycles. The molecule has 0 heterocycles. The van der Waals surface area contributed by atoms with Crippen LogP contribution in [-0.2, 0) is 0 Å². The molecule has 1 fully saturated rings. The molecule has 1 aliphatic carbocycles. The predicted molar refractivity (Wildman–Crippen MR) is 45.5 cm³/mol. The highest BCUT2D eigenvalue weighted by atomic mass is 19.1. The average molecular weight is 159 g/mol. The van der Waals surface area contributed by atoms with E-state index in [2.05, 4.69) is 25.7 Å². The SMILES string of the molecule is CCN(C(C)C)C1(CF)CC1. The summed E-state index contributed by atoms with van der Waals surface area (Å²) in [5, 5.41) is 0. The van der Waals surface area contributed by atoms with Gasteiger partial charge in [0.2, 0.25) is 0 Å². The molecule has 2 heteroatoms. The Bertz CT molecular complexity index is 130. The fourth-order valence-electron chi connectivity index (χ4n) is 1.89. The van der Waals surface area contributed by atoms with Gasteiger partial charge in [-0.25, -0.2) is 4.39 Å². The van der Waals surface area contributed by atoms with E-state index in [1.807, 2.05) is 0 Å². The summed E-state index contributed by atoms with van der Waals surface area (Å²) in [6.45, 7) is 7.19. The predicted octanol–water partition coefficient (Wildman–Crippen LogP) is 2.22. The van der Waals surface area contributed by atoms with Crippen LogP contribution in [0.2, 0.25) is 0 Å². The smallest absolute Gasteiger partial charge is 0.108 e. The molecule has 0 radical (unpaired) electrons. The summed E-state index contributed by atoms with van der Waals surface area (Å²) in [4.78, 5) is 2.27. The number of hydrogen-bond acceptors (Lipinski definition) is 1. The van der Waals surface area contributed by atoms with Gasteiger partial charge in [0.15, 0.2) is 0 Å². The van der Waals surface area contributed by atoms with Gasteiger partial charge in [-0.05, 0) is 33.2 Å². The molecule has 0 aliphatic heterocycles. The van der Waals surface area contributed by atoms with E-state index < -0.39 is 0 Å². The Kier molecular flexibility index (Phi) is 2.53. The molecule has 0 aromatic carbocycles. The van der Waals surface area contributed by atoms with Crippen LogP contribution in [0.15, 0.2) is 0 Å². The van der Waals surface area contributed by atoms with Crippen molar-refractivity contribution in [1.82, 2.24) is 4.90 Å². The molecule has 1 nitrogen and oxygen atoms in total. The van der Waals surface area contributed by atoms with Crippen LogP contribution in [0.25, 0.3) is 0 Å². The van der Waals surface area contributed by atoms with Crippen molar-refractivity contribution in [2.45, 2.75) is 45.2 Å². The number of halogens is 1. The quantitative estimate of drug-likeness (QED) is 0.608. The number of nitrogens with zero attached hydrogens (tertiary/aromatic N) is 1. The Morgan fingerprint density at radius 1 is 1.45 bits per heavy atom. The molecule has 0 atom stereocenters. The molecular formula is C9H18FN. The molecule has 0 amide bonds. The lowest BCUT2D eigenvalue weighted by atomic mass is 10.2. The van der Waals surface area contributed by atoms with Gasteiger partial charge >= 0.3 is 0 Å². The fourth-order valence-corrected chi connectivity index (χ4v) is 1.89. The van der Waals surface area contributed by atoms with Crippen LogP contribution in [-0.4, -0.2) is 29.7 Å². The van der Waals surface area contributed by atoms with Gasteiger partial charge in [0.25, 0.3) is 0 Å². The zero-order chi connectivity index (χ0) is 8.48. The summed E-state index contributed by atoms with van der Waals surface area (Å²) in [6, 6.07) is 0.484. The van der Waals surface area contributed by atoms with Crippen molar-refractivity contribution in [2.24, 2.45) is 0 Å². The van der Waals surface area contributed by atoms with Crippen LogP contribution in [0.4, 0.5) is 4.39 Å². The summed E-state index contributed by atoms with van der Waals surface area (Å²) in [5.74, 6) is 0. The summed E-state index contributed by atoms with van der Waals surface area (Å²) in [6.07, 6.45) is 2.10. The van der Waals surface area contributed by atoms with Gasteiger partial charge in [-0.3, -0.25) is 4.90 Å². The Morgan fingerprint density at radius 2 is 2.00 bits per heavy atom. The lowest BCUT2D eigenvalue weighted by Gasteiger charge is -2.32. The van der Waals surface area contributed by atoms with Gasteiger partial charge in [-0.1, -0.05) is 6.92 Å². The number of rotatable bonds is 4. The second-order valence-electron chi connectivity index (χ2n) is 3.74. The monoisotopic (exact) mass is 159 g/mol. The van der Waals surface area contributed by atoms with Gasteiger partial charge < -0.3 is 0 Å². The summed E-state index contributed by atoms with van der Waals surface area (Å²) < 4.78 is 12.6. The molecule has 11 heavy (non-hydrogen) atoms. The minimum atomic E-state index is -0.168. The molecule has 66 valence electrons. The molecule has 0 bridgehead atoms. The van der Waals surface area contributed by atoms with E-state index in [1.54, 1.807) is 0 Å². The van der Waals surface area contributed by atoms with Gasteiger partial charge in [0, 0.05) is 11.6 Å². The van der Waals surface area contributed by atoms with E-state index in [9.17, 15) is 4.39 Å². The minimum absolute atomic E-state index is 0.0527. The third-order valence-electron chi connectivity index (χ3n) is 2.65. The van der Waals surface area contributed by atoms with E-state index in [4.69, 9.17) is 0 Å². The van der Waals surface area contributed by atoms with Gasteiger partial charge in [-0.15, -0.1) is 0 Å². The number of alkyl halides is 1. The third kappa shape index (κ3) is 1.56. The molecule has 0 aromatic heterocycles. The van der Waals surface area contributed by atoms with Crippen LogP contribution in [0.1, 0.15) is 33.6 Å². The Labute approximate surface area is 68.6 Å². The van der Waals surface area contributed by atoms with Crippen molar-refractivity contribution in [3.8, 4) is 0 Å². The molecule has 0 unspecified atom stereocenters. The largest absolute Gasteiger partial charge is 0.293 e. The maximum absolute atomic E-state index is 12.6. The van der Waals surface area contributed by atoms with Crippen LogP contribution in [0.5, 0.6) is 0 Å². The highest BCUT2D eigenvalue weighted by Crippen LogP contribution is 2.42. The molecule has 1 rings (SSSR count). The lowest BCUT2D eigenvalue weighted by molar-refractivity contribution is 0.117. The summed E-state index contributed by atoms with van der Waals surface area (Å²) in [7, 11) is 0. The Balaban J connectivity index is 2.54. The fraction of sp³-hybridized carbons (Fsp3) is 1.00. The first kappa shape index (κ1) is 8.98. The topological polar surface area (TPSA) is 3.24 Å². The second kappa shape index (κ2) is 3.10. The van der Waals surface area contributed by atoms with E-state index >= 15 is 0 Å². The van der Waals surface area contributed by atoms with Crippen molar-refractivity contribution in [1.29, 1.82) is 0 Å². The Hall–Kier alpha value is -0.110. The highest BCUT2D eigenvalue weighted by molar-refractivity contribution is 5.04. The van der Waals surface area contributed by atoms with Crippen molar-refractivity contribution in [3.05, 3.63) is 0 Å². The molecule has 0 spiro atoms. The van der Waals surface area contributed by atoms with Crippen molar-refractivity contribution in [3.63, 3.8) is 0 Å². The van der Waals surface area contributed by atoms with Crippen LogP contribution >= 0.6 is 0 Å². The van der Waals surface area contributed by atoms with Gasteiger partial charge in [0.05, 0.1) is 0 Å². The van der Waals surface area contributed by atoms with Crippen molar-refractivity contribution >= 4 is 0 Å². The first-order chi connectivity index (χ1) is 5.16. The highest BCUT2D eigenvalue weighted by Gasteiger charge is 2.48. The van der Waals surface area contributed by atoms with Crippen LogP contribution in [0.3, 0.4) is 0 Å². The zero-order valence-electron chi connectivity index (χ0n) is 7.73. The first-order valence-corrected chi connectivity index (χ1v) is 4.49.